The summed E-state index contributed by atoms with van der Waals surface area (Å²) in [5.74, 6) is 0. The number of hydrogen-bond donors (Lipinski definition) is 0. The van der Waals surface area contributed by atoms with Crippen LogP contribution in [0.4, 0.5) is 0 Å². The average molecular weight is 314 g/mol. The normalized spacial score (nSPS) is 10.1. The van der Waals surface area contributed by atoms with Gasteiger partial charge in [0.2, 0.25) is 0 Å². The molecule has 0 saturated heterocycles. The minimum atomic E-state index is 0.862. The van der Waals surface area contributed by atoms with Gasteiger partial charge < -0.3 is 0 Å². The van der Waals surface area contributed by atoms with Crippen LogP contribution < -0.4 is 0 Å². The van der Waals surface area contributed by atoms with E-state index in [0.29, 0.717) is 0 Å². The van der Waals surface area contributed by atoms with Crippen molar-refractivity contribution in [3.05, 3.63) is 45.5 Å². The van der Waals surface area contributed by atoms with Crippen LogP contribution in [0.15, 0.2) is 45.5 Å². The maximum absolute atomic E-state index is 4.05. The van der Waals surface area contributed by atoms with Crippen molar-refractivity contribution in [2.24, 2.45) is 0 Å². The molecule has 2 nitrogen and oxygen atoms in total. The molecule has 1 aromatic heterocycles. The Bertz CT molecular complexity index is 443. The molecule has 0 radical (unpaired) electrons. The first-order valence-electron chi connectivity index (χ1n) is 4.00. The molecule has 0 atom stereocenters. The molecule has 0 amide bonds. The molecule has 2 rings (SSSR count). The lowest BCUT2D eigenvalue weighted by atomic mass is 10.1. The minimum Gasteiger partial charge on any atom is -0.159 e. The number of halogens is 2. The van der Waals surface area contributed by atoms with Crippen molar-refractivity contribution in [2.45, 2.75) is 0 Å². The molecule has 1 aromatic carbocycles. The summed E-state index contributed by atoms with van der Waals surface area (Å²) in [4.78, 5) is 0. The first-order chi connectivity index (χ1) is 6.77. The fourth-order valence-corrected chi connectivity index (χ4v) is 1.95. The molecule has 0 aliphatic heterocycles. The molecule has 0 spiro atoms. The van der Waals surface area contributed by atoms with Crippen molar-refractivity contribution in [2.75, 3.05) is 0 Å². The summed E-state index contributed by atoms with van der Waals surface area (Å²) in [6, 6.07) is 9.77. The van der Waals surface area contributed by atoms with E-state index in [0.717, 1.165) is 20.2 Å². The van der Waals surface area contributed by atoms with Crippen LogP contribution in [0, 0.1) is 0 Å². The molecule has 1 heterocycles. The van der Waals surface area contributed by atoms with E-state index in [2.05, 4.69) is 42.1 Å². The Balaban J connectivity index is 2.57. The lowest BCUT2D eigenvalue weighted by Gasteiger charge is -2.02. The highest BCUT2D eigenvalue weighted by Gasteiger charge is 2.04. The Labute approximate surface area is 98.6 Å². The maximum atomic E-state index is 4.05. The van der Waals surface area contributed by atoms with Gasteiger partial charge in [0.05, 0.1) is 5.69 Å². The Morgan fingerprint density at radius 2 is 1.93 bits per heavy atom. The third-order valence-electron chi connectivity index (χ3n) is 1.78. The number of benzene rings is 1. The number of rotatable bonds is 1. The van der Waals surface area contributed by atoms with Crippen LogP contribution >= 0.6 is 31.9 Å². The third kappa shape index (κ3) is 2.01. The van der Waals surface area contributed by atoms with Crippen molar-refractivity contribution in [3.63, 3.8) is 0 Å². The van der Waals surface area contributed by atoms with Gasteiger partial charge in [-0.3, -0.25) is 0 Å². The third-order valence-corrected chi connectivity index (χ3v) is 2.96. The fourth-order valence-electron chi connectivity index (χ4n) is 1.14. The molecule has 70 valence electrons. The van der Waals surface area contributed by atoms with Crippen molar-refractivity contribution >= 4 is 31.9 Å². The van der Waals surface area contributed by atoms with Crippen molar-refractivity contribution in [1.82, 2.24) is 10.2 Å². The second-order valence-electron chi connectivity index (χ2n) is 2.73. The van der Waals surface area contributed by atoms with Gasteiger partial charge in [-0.15, -0.1) is 0 Å². The van der Waals surface area contributed by atoms with Gasteiger partial charge in [0.15, 0.2) is 0 Å². The summed E-state index contributed by atoms with van der Waals surface area (Å²) in [6.07, 6.45) is 1.66. The number of hydrogen-bond acceptors (Lipinski definition) is 2. The van der Waals surface area contributed by atoms with Crippen LogP contribution in [-0.2, 0) is 0 Å². The second kappa shape index (κ2) is 4.19. The van der Waals surface area contributed by atoms with Crippen molar-refractivity contribution in [3.8, 4) is 11.3 Å². The van der Waals surface area contributed by atoms with Gasteiger partial charge >= 0.3 is 0 Å². The van der Waals surface area contributed by atoms with E-state index in [4.69, 9.17) is 0 Å². The molecule has 0 aliphatic rings. The molecule has 14 heavy (non-hydrogen) atoms. The van der Waals surface area contributed by atoms with Crippen molar-refractivity contribution in [1.29, 1.82) is 0 Å². The quantitative estimate of drug-likeness (QED) is 0.803. The van der Waals surface area contributed by atoms with E-state index in [1.54, 1.807) is 6.20 Å². The standard InChI is InChI=1S/C10H6Br2N2/c11-7-3-4-9(12)8(6-7)10-2-1-5-13-14-10/h1-6H. The molecule has 0 N–H and O–H groups in total. The van der Waals surface area contributed by atoms with Gasteiger partial charge in [-0.05, 0) is 30.3 Å². The predicted molar refractivity (Wildman–Crippen MR) is 62.9 cm³/mol. The molecule has 0 unspecified atom stereocenters. The van der Waals surface area contributed by atoms with E-state index in [-0.39, 0.29) is 0 Å². The molecular formula is C10H6Br2N2. The van der Waals surface area contributed by atoms with E-state index in [9.17, 15) is 0 Å². The molecule has 2 aromatic rings. The maximum Gasteiger partial charge on any atom is 0.0941 e. The largest absolute Gasteiger partial charge is 0.159 e. The lowest BCUT2D eigenvalue weighted by molar-refractivity contribution is 1.04. The minimum absolute atomic E-state index is 0.862. The van der Waals surface area contributed by atoms with E-state index in [1.807, 2.05) is 30.3 Å². The van der Waals surface area contributed by atoms with Gasteiger partial charge in [-0.25, -0.2) is 0 Å². The van der Waals surface area contributed by atoms with Gasteiger partial charge in [-0.1, -0.05) is 31.9 Å². The Morgan fingerprint density at radius 3 is 2.64 bits per heavy atom. The van der Waals surface area contributed by atoms with Crippen LogP contribution in [0.5, 0.6) is 0 Å². The van der Waals surface area contributed by atoms with Gasteiger partial charge in [0.25, 0.3) is 0 Å². The summed E-state index contributed by atoms with van der Waals surface area (Å²) in [7, 11) is 0. The number of aromatic nitrogens is 2. The summed E-state index contributed by atoms with van der Waals surface area (Å²) < 4.78 is 2.04. The zero-order valence-electron chi connectivity index (χ0n) is 7.11. The summed E-state index contributed by atoms with van der Waals surface area (Å²) in [5.41, 5.74) is 1.90. The van der Waals surface area contributed by atoms with Crippen LogP contribution in [0.1, 0.15) is 0 Å². The fraction of sp³-hybridized carbons (Fsp3) is 0. The van der Waals surface area contributed by atoms with Crippen LogP contribution in [0.25, 0.3) is 11.3 Å². The van der Waals surface area contributed by atoms with Crippen LogP contribution in [0.2, 0.25) is 0 Å². The lowest BCUT2D eigenvalue weighted by Crippen LogP contribution is -1.86. The first kappa shape index (κ1) is 9.80. The Morgan fingerprint density at radius 1 is 1.07 bits per heavy atom. The highest BCUT2D eigenvalue weighted by atomic mass is 79.9. The molecule has 0 saturated carbocycles. The smallest absolute Gasteiger partial charge is 0.0941 e. The summed E-state index contributed by atoms with van der Waals surface area (Å²) in [6.45, 7) is 0. The Kier molecular flexibility index (Phi) is 2.93. The van der Waals surface area contributed by atoms with E-state index in [1.165, 1.54) is 0 Å². The van der Waals surface area contributed by atoms with E-state index >= 15 is 0 Å². The van der Waals surface area contributed by atoms with E-state index < -0.39 is 0 Å². The average Bonchev–Trinajstić information content (AvgIpc) is 2.23. The Hall–Kier alpha value is -0.740. The summed E-state index contributed by atoms with van der Waals surface area (Å²) in [5, 5.41) is 7.90. The highest BCUT2D eigenvalue weighted by molar-refractivity contribution is 9.11. The molecule has 0 fully saturated rings. The van der Waals surface area contributed by atoms with Crippen molar-refractivity contribution < 1.29 is 0 Å². The van der Waals surface area contributed by atoms with Gasteiger partial charge in [0, 0.05) is 20.7 Å². The monoisotopic (exact) mass is 312 g/mol. The molecular weight excluding hydrogens is 308 g/mol. The van der Waals surface area contributed by atoms with Gasteiger partial charge in [-0.2, -0.15) is 10.2 Å². The zero-order chi connectivity index (χ0) is 9.97. The van der Waals surface area contributed by atoms with Crippen LogP contribution in [0.3, 0.4) is 0 Å². The zero-order valence-corrected chi connectivity index (χ0v) is 10.3. The molecule has 4 heteroatoms. The number of nitrogens with zero attached hydrogens (tertiary/aromatic N) is 2. The molecule has 0 aliphatic carbocycles. The van der Waals surface area contributed by atoms with Crippen LogP contribution in [-0.4, -0.2) is 10.2 Å². The first-order valence-corrected chi connectivity index (χ1v) is 5.59. The summed E-state index contributed by atoms with van der Waals surface area (Å²) >= 11 is 6.90. The SMILES string of the molecule is Brc1ccc(Br)c(-c2cccnn2)c1. The molecule has 0 bridgehead atoms. The highest BCUT2D eigenvalue weighted by Crippen LogP contribution is 2.29. The predicted octanol–water partition coefficient (Wildman–Crippen LogP) is 3.67. The van der Waals surface area contributed by atoms with Gasteiger partial charge in [0.1, 0.15) is 0 Å². The second-order valence-corrected chi connectivity index (χ2v) is 4.50. The topological polar surface area (TPSA) is 25.8 Å².